The maximum Gasteiger partial charge on any atom is 0.109 e. The molecule has 0 aromatic rings. The molecular formula is C22H39NO5. The Bertz CT molecular complexity index is 529. The Morgan fingerprint density at radius 2 is 1.79 bits per heavy atom. The molecule has 4 aliphatic carbocycles. The van der Waals surface area contributed by atoms with Crippen molar-refractivity contribution in [2.24, 2.45) is 29.1 Å². The zero-order valence-electron chi connectivity index (χ0n) is 17.2. The Labute approximate surface area is 168 Å². The lowest BCUT2D eigenvalue weighted by molar-refractivity contribution is -0.145. The number of aliphatic hydroxyl groups excluding tert-OH is 4. The average molecular weight is 398 g/mol. The van der Waals surface area contributed by atoms with Gasteiger partial charge in [-0.25, -0.2) is 0 Å². The minimum atomic E-state index is -1.18. The Balaban J connectivity index is 1.11. The molecule has 1 saturated heterocycles. The monoisotopic (exact) mass is 397 g/mol. The van der Waals surface area contributed by atoms with E-state index in [9.17, 15) is 20.4 Å². The zero-order valence-corrected chi connectivity index (χ0v) is 17.2. The summed E-state index contributed by atoms with van der Waals surface area (Å²) in [7, 11) is 0. The Kier molecular flexibility index (Phi) is 6.36. The van der Waals surface area contributed by atoms with Crippen molar-refractivity contribution >= 4 is 0 Å². The first kappa shape index (κ1) is 21.0. The van der Waals surface area contributed by atoms with Gasteiger partial charge in [0, 0.05) is 13.2 Å². The summed E-state index contributed by atoms with van der Waals surface area (Å²) >= 11 is 0. The van der Waals surface area contributed by atoms with Gasteiger partial charge in [0.05, 0.1) is 25.4 Å². The summed E-state index contributed by atoms with van der Waals surface area (Å²) in [5, 5.41) is 39.2. The molecule has 0 aromatic carbocycles. The van der Waals surface area contributed by atoms with E-state index in [1.54, 1.807) is 0 Å². The number of piperidine rings is 1. The highest BCUT2D eigenvalue weighted by atomic mass is 16.5. The highest BCUT2D eigenvalue weighted by Crippen LogP contribution is 2.66. The minimum Gasteiger partial charge on any atom is -0.395 e. The summed E-state index contributed by atoms with van der Waals surface area (Å²) in [5.41, 5.74) is 0.486. The molecule has 9 unspecified atom stereocenters. The van der Waals surface area contributed by atoms with Crippen molar-refractivity contribution in [3.8, 4) is 0 Å². The van der Waals surface area contributed by atoms with Crippen LogP contribution in [0.15, 0.2) is 0 Å². The van der Waals surface area contributed by atoms with Gasteiger partial charge in [0.2, 0.25) is 0 Å². The first-order chi connectivity index (χ1) is 13.4. The molecule has 162 valence electrons. The summed E-state index contributed by atoms with van der Waals surface area (Å²) in [4.78, 5) is 1.90. The van der Waals surface area contributed by atoms with E-state index >= 15 is 0 Å². The number of hydrogen-bond acceptors (Lipinski definition) is 6. The van der Waals surface area contributed by atoms with Gasteiger partial charge in [-0.15, -0.1) is 0 Å². The van der Waals surface area contributed by atoms with E-state index in [1.807, 2.05) is 4.90 Å². The fraction of sp³-hybridized carbons (Fsp3) is 1.00. The lowest BCUT2D eigenvalue weighted by Gasteiger charge is -2.43. The van der Waals surface area contributed by atoms with Crippen molar-refractivity contribution in [1.29, 1.82) is 0 Å². The van der Waals surface area contributed by atoms with Crippen molar-refractivity contribution < 1.29 is 25.2 Å². The van der Waals surface area contributed by atoms with Crippen LogP contribution in [0, 0.1) is 29.1 Å². The Morgan fingerprint density at radius 3 is 2.50 bits per heavy atom. The minimum absolute atomic E-state index is 0.211. The van der Waals surface area contributed by atoms with Gasteiger partial charge in [0.15, 0.2) is 0 Å². The van der Waals surface area contributed by atoms with Crippen LogP contribution in [0.2, 0.25) is 0 Å². The number of likely N-dealkylation sites (tertiary alicyclic amines) is 1. The third kappa shape index (κ3) is 3.88. The molecule has 1 aliphatic heterocycles. The molecular weight excluding hydrogens is 358 g/mol. The second-order valence-corrected chi connectivity index (χ2v) is 10.3. The van der Waals surface area contributed by atoms with Crippen LogP contribution in [0.5, 0.6) is 0 Å². The molecule has 4 N–H and O–H groups in total. The number of nitrogens with zero attached hydrogens (tertiary/aromatic N) is 1. The van der Waals surface area contributed by atoms with E-state index in [1.165, 1.54) is 25.7 Å². The van der Waals surface area contributed by atoms with E-state index in [-0.39, 0.29) is 6.61 Å². The van der Waals surface area contributed by atoms with Gasteiger partial charge in [-0.3, -0.25) is 4.90 Å². The van der Waals surface area contributed by atoms with Crippen LogP contribution >= 0.6 is 0 Å². The third-order valence-electron chi connectivity index (χ3n) is 8.55. The van der Waals surface area contributed by atoms with Crippen LogP contribution in [0.3, 0.4) is 0 Å². The second-order valence-electron chi connectivity index (χ2n) is 10.3. The number of rotatable bonds is 9. The number of ether oxygens (including phenoxy) is 1. The molecule has 28 heavy (non-hydrogen) atoms. The van der Waals surface area contributed by atoms with E-state index in [0.29, 0.717) is 18.5 Å². The molecule has 5 fully saturated rings. The zero-order chi connectivity index (χ0) is 19.9. The molecule has 0 spiro atoms. The van der Waals surface area contributed by atoms with Crippen molar-refractivity contribution in [2.45, 2.75) is 76.2 Å². The predicted octanol–water partition coefficient (Wildman–Crippen LogP) is 1.00. The van der Waals surface area contributed by atoms with Gasteiger partial charge in [0.1, 0.15) is 12.2 Å². The van der Waals surface area contributed by atoms with Crippen LogP contribution in [0.1, 0.15) is 51.9 Å². The second kappa shape index (κ2) is 8.48. The summed E-state index contributed by atoms with van der Waals surface area (Å²) < 4.78 is 6.11. The first-order valence-electron chi connectivity index (χ1n) is 11.4. The SMILES string of the molecule is CC1C2CC3CC(COCCCCCN4CC(O)C(O)C(O)C4CO)(C2)CC31. The molecule has 1 heterocycles. The molecule has 5 rings (SSSR count). The predicted molar refractivity (Wildman–Crippen MR) is 106 cm³/mol. The smallest absolute Gasteiger partial charge is 0.109 e. The van der Waals surface area contributed by atoms with Gasteiger partial charge in [0.25, 0.3) is 0 Å². The molecule has 5 aliphatic rings. The van der Waals surface area contributed by atoms with Crippen LogP contribution in [0.4, 0.5) is 0 Å². The maximum absolute atomic E-state index is 10.0. The summed E-state index contributed by atoms with van der Waals surface area (Å²) in [5.74, 6) is 3.84. The molecule has 6 heteroatoms. The number of unbranched alkanes of at least 4 members (excludes halogenated alkanes) is 2. The van der Waals surface area contributed by atoms with Gasteiger partial charge in [-0.05, 0) is 80.6 Å². The molecule has 9 atom stereocenters. The number of hydrogen-bond donors (Lipinski definition) is 4. The molecule has 0 aromatic heterocycles. The first-order valence-corrected chi connectivity index (χ1v) is 11.4. The summed E-state index contributed by atoms with van der Waals surface area (Å²) in [6.45, 7) is 5.01. The van der Waals surface area contributed by atoms with E-state index in [0.717, 1.165) is 56.1 Å². The molecule has 0 radical (unpaired) electrons. The van der Waals surface area contributed by atoms with Crippen LogP contribution in [-0.2, 0) is 4.74 Å². The van der Waals surface area contributed by atoms with Crippen LogP contribution < -0.4 is 0 Å². The van der Waals surface area contributed by atoms with Gasteiger partial charge in [-0.2, -0.15) is 0 Å². The van der Waals surface area contributed by atoms with Crippen LogP contribution in [0.25, 0.3) is 0 Å². The third-order valence-corrected chi connectivity index (χ3v) is 8.55. The average Bonchev–Trinajstić information content (AvgIpc) is 3.05. The maximum atomic E-state index is 10.0. The summed E-state index contributed by atoms with van der Waals surface area (Å²) in [6, 6.07) is -0.496. The highest BCUT2D eigenvalue weighted by molar-refractivity contribution is 5.08. The van der Waals surface area contributed by atoms with Crippen molar-refractivity contribution in [2.75, 3.05) is 32.9 Å². The standard InChI is InChI=1S/C22H39NO5/c1-14-15-7-16-9-22(8-15,10-17(14)16)13-28-6-4-2-3-5-23-11-19(25)21(27)20(26)18(23)12-24/h14-21,24-27H,2-13H2,1H3. The van der Waals surface area contributed by atoms with E-state index in [4.69, 9.17) is 4.74 Å². The van der Waals surface area contributed by atoms with Crippen molar-refractivity contribution in [3.63, 3.8) is 0 Å². The van der Waals surface area contributed by atoms with E-state index < -0.39 is 24.4 Å². The van der Waals surface area contributed by atoms with Gasteiger partial charge < -0.3 is 25.2 Å². The molecule has 4 saturated carbocycles. The molecule has 4 bridgehead atoms. The lowest BCUT2D eigenvalue weighted by Crippen LogP contribution is -2.62. The fourth-order valence-corrected chi connectivity index (χ4v) is 7.07. The van der Waals surface area contributed by atoms with Gasteiger partial charge >= 0.3 is 0 Å². The Hall–Kier alpha value is -0.240. The topological polar surface area (TPSA) is 93.4 Å². The number of β-amino-alcohol motifs (C(OH)–C–C–N with tert-alkyl or cyclic N) is 1. The van der Waals surface area contributed by atoms with Crippen LogP contribution in [-0.4, -0.2) is 82.6 Å². The Morgan fingerprint density at radius 1 is 1.00 bits per heavy atom. The lowest BCUT2D eigenvalue weighted by atomic mass is 9.67. The largest absolute Gasteiger partial charge is 0.395 e. The molecule has 0 amide bonds. The normalized spacial score (nSPS) is 47.9. The quantitative estimate of drug-likeness (QED) is 0.434. The molecule has 6 nitrogen and oxygen atoms in total. The number of aliphatic hydroxyl groups is 4. The van der Waals surface area contributed by atoms with Gasteiger partial charge in [-0.1, -0.05) is 6.92 Å². The van der Waals surface area contributed by atoms with E-state index in [2.05, 4.69) is 6.92 Å². The highest BCUT2D eigenvalue weighted by Gasteiger charge is 2.58. The van der Waals surface area contributed by atoms with Crippen molar-refractivity contribution in [3.05, 3.63) is 0 Å². The fourth-order valence-electron chi connectivity index (χ4n) is 7.07. The van der Waals surface area contributed by atoms with Crippen molar-refractivity contribution in [1.82, 2.24) is 4.90 Å². The summed E-state index contributed by atoms with van der Waals surface area (Å²) in [6.07, 6.45) is 5.39.